The molecule has 1 atom stereocenters. The SMILES string of the molecule is Cc1cccc(-n2[nH]c3cc(=O)n(C(C)c4ccccc4)c(C)c3c2=O)c1. The number of hydrogen-bond acceptors (Lipinski definition) is 2. The standard InChI is InChI=1S/C22H21N3O2/c1-14-8-7-11-18(12-14)25-22(27)21-16(3)24(20(26)13-19(21)23-25)15(2)17-9-5-4-6-10-17/h4-13,15,23H,1-3H3. The fourth-order valence-electron chi connectivity index (χ4n) is 3.70. The van der Waals surface area contributed by atoms with E-state index in [9.17, 15) is 9.59 Å². The molecule has 136 valence electrons. The zero-order valence-electron chi connectivity index (χ0n) is 15.6. The zero-order valence-corrected chi connectivity index (χ0v) is 15.6. The van der Waals surface area contributed by atoms with E-state index >= 15 is 0 Å². The van der Waals surface area contributed by atoms with Crippen molar-refractivity contribution in [2.75, 3.05) is 0 Å². The van der Waals surface area contributed by atoms with Gasteiger partial charge in [0.25, 0.3) is 11.1 Å². The first-order valence-corrected chi connectivity index (χ1v) is 8.96. The van der Waals surface area contributed by atoms with E-state index in [1.807, 2.05) is 75.4 Å². The Bertz CT molecular complexity index is 1250. The van der Waals surface area contributed by atoms with Gasteiger partial charge in [-0.2, -0.15) is 0 Å². The largest absolute Gasteiger partial charge is 0.305 e. The molecule has 0 saturated carbocycles. The van der Waals surface area contributed by atoms with Crippen molar-refractivity contribution >= 4 is 10.9 Å². The third kappa shape index (κ3) is 2.81. The van der Waals surface area contributed by atoms with Crippen molar-refractivity contribution in [2.45, 2.75) is 26.8 Å². The summed E-state index contributed by atoms with van der Waals surface area (Å²) in [5.74, 6) is 0. The predicted molar refractivity (Wildman–Crippen MR) is 108 cm³/mol. The summed E-state index contributed by atoms with van der Waals surface area (Å²) in [6.45, 7) is 5.79. The van der Waals surface area contributed by atoms with Crippen LogP contribution in [0.3, 0.4) is 0 Å². The van der Waals surface area contributed by atoms with Crippen molar-refractivity contribution in [2.24, 2.45) is 0 Å². The number of hydrogen-bond donors (Lipinski definition) is 1. The smallest absolute Gasteiger partial charge is 0.280 e. The number of aryl methyl sites for hydroxylation is 2. The second-order valence-corrected chi connectivity index (χ2v) is 6.90. The molecule has 0 fully saturated rings. The van der Waals surface area contributed by atoms with Crippen LogP contribution >= 0.6 is 0 Å². The molecule has 2 heterocycles. The maximum absolute atomic E-state index is 13.1. The number of aromatic nitrogens is 3. The minimum absolute atomic E-state index is 0.131. The number of fused-ring (bicyclic) bond motifs is 1. The van der Waals surface area contributed by atoms with Crippen LogP contribution in [0.25, 0.3) is 16.6 Å². The highest BCUT2D eigenvalue weighted by atomic mass is 16.1. The van der Waals surface area contributed by atoms with Gasteiger partial charge in [0.15, 0.2) is 0 Å². The van der Waals surface area contributed by atoms with Crippen LogP contribution in [-0.4, -0.2) is 14.3 Å². The molecule has 1 unspecified atom stereocenters. The average Bonchev–Trinajstić information content (AvgIpc) is 2.98. The number of nitrogens with one attached hydrogen (secondary N) is 1. The molecule has 4 aromatic rings. The second-order valence-electron chi connectivity index (χ2n) is 6.90. The van der Waals surface area contributed by atoms with E-state index in [1.165, 1.54) is 10.7 Å². The summed E-state index contributed by atoms with van der Waals surface area (Å²) in [4.78, 5) is 25.9. The quantitative estimate of drug-likeness (QED) is 0.606. The van der Waals surface area contributed by atoms with E-state index in [1.54, 1.807) is 4.57 Å². The van der Waals surface area contributed by atoms with Crippen molar-refractivity contribution in [1.29, 1.82) is 0 Å². The topological polar surface area (TPSA) is 59.8 Å². The number of benzene rings is 2. The van der Waals surface area contributed by atoms with Gasteiger partial charge in [-0.05, 0) is 44.0 Å². The van der Waals surface area contributed by atoms with Crippen LogP contribution in [0.5, 0.6) is 0 Å². The molecule has 5 heteroatoms. The lowest BCUT2D eigenvalue weighted by Gasteiger charge is -2.18. The van der Waals surface area contributed by atoms with Crippen molar-refractivity contribution in [1.82, 2.24) is 14.3 Å². The lowest BCUT2D eigenvalue weighted by molar-refractivity contribution is 0.602. The molecule has 0 radical (unpaired) electrons. The molecule has 1 N–H and O–H groups in total. The Hall–Kier alpha value is -3.34. The van der Waals surface area contributed by atoms with Crippen molar-refractivity contribution in [3.8, 4) is 5.69 Å². The Morgan fingerprint density at radius 1 is 0.926 bits per heavy atom. The highest BCUT2D eigenvalue weighted by molar-refractivity contribution is 5.80. The van der Waals surface area contributed by atoms with Gasteiger partial charge in [-0.25, -0.2) is 4.68 Å². The van der Waals surface area contributed by atoms with Gasteiger partial charge in [-0.15, -0.1) is 0 Å². The molecular formula is C22H21N3O2. The summed E-state index contributed by atoms with van der Waals surface area (Å²) < 4.78 is 3.19. The van der Waals surface area contributed by atoms with E-state index in [-0.39, 0.29) is 17.2 Å². The van der Waals surface area contributed by atoms with E-state index in [0.717, 1.165) is 16.8 Å². The number of H-pyrrole nitrogens is 1. The summed E-state index contributed by atoms with van der Waals surface area (Å²) in [5, 5.41) is 3.63. The minimum atomic E-state index is -0.162. The molecule has 5 nitrogen and oxygen atoms in total. The fraction of sp³-hybridized carbons (Fsp3) is 0.182. The number of pyridine rings is 1. The molecule has 0 amide bonds. The zero-order chi connectivity index (χ0) is 19.1. The summed E-state index contributed by atoms with van der Waals surface area (Å²) in [7, 11) is 0. The molecule has 4 rings (SSSR count). The van der Waals surface area contributed by atoms with Crippen LogP contribution in [0, 0.1) is 13.8 Å². The molecule has 0 aliphatic rings. The van der Waals surface area contributed by atoms with E-state index in [0.29, 0.717) is 16.6 Å². The number of nitrogens with zero attached hydrogens (tertiary/aromatic N) is 2. The van der Waals surface area contributed by atoms with Gasteiger partial charge in [0.2, 0.25) is 0 Å². The fourth-order valence-corrected chi connectivity index (χ4v) is 3.70. The molecule has 2 aromatic carbocycles. The van der Waals surface area contributed by atoms with Gasteiger partial charge >= 0.3 is 0 Å². The van der Waals surface area contributed by atoms with Gasteiger partial charge in [-0.1, -0.05) is 42.5 Å². The van der Waals surface area contributed by atoms with Crippen LogP contribution in [0.15, 0.2) is 70.3 Å². The summed E-state index contributed by atoms with van der Waals surface area (Å²) in [6, 6.07) is 18.9. The first kappa shape index (κ1) is 17.1. The van der Waals surface area contributed by atoms with Crippen LogP contribution in [0.2, 0.25) is 0 Å². The van der Waals surface area contributed by atoms with E-state index < -0.39 is 0 Å². The lowest BCUT2D eigenvalue weighted by Crippen LogP contribution is -2.26. The third-order valence-corrected chi connectivity index (χ3v) is 5.08. The Morgan fingerprint density at radius 3 is 2.37 bits per heavy atom. The highest BCUT2D eigenvalue weighted by Gasteiger charge is 2.18. The predicted octanol–water partition coefficient (Wildman–Crippen LogP) is 3.71. The van der Waals surface area contributed by atoms with Crippen LogP contribution in [-0.2, 0) is 0 Å². The Kier molecular flexibility index (Phi) is 4.07. The van der Waals surface area contributed by atoms with Gasteiger partial charge in [0.1, 0.15) is 0 Å². The van der Waals surface area contributed by atoms with Crippen LogP contribution in [0.4, 0.5) is 0 Å². The molecule has 0 bridgehead atoms. The summed E-state index contributed by atoms with van der Waals surface area (Å²) in [6.07, 6.45) is 0. The van der Waals surface area contributed by atoms with Crippen LogP contribution in [0.1, 0.15) is 29.8 Å². The molecule has 27 heavy (non-hydrogen) atoms. The average molecular weight is 359 g/mol. The van der Waals surface area contributed by atoms with Crippen LogP contribution < -0.4 is 11.1 Å². The number of rotatable bonds is 3. The highest BCUT2D eigenvalue weighted by Crippen LogP contribution is 2.21. The summed E-state index contributed by atoms with van der Waals surface area (Å²) >= 11 is 0. The Labute approximate surface area is 156 Å². The maximum atomic E-state index is 13.1. The third-order valence-electron chi connectivity index (χ3n) is 5.08. The molecule has 2 aromatic heterocycles. The Balaban J connectivity index is 1.96. The van der Waals surface area contributed by atoms with Crippen molar-refractivity contribution in [3.05, 3.63) is 98.2 Å². The van der Waals surface area contributed by atoms with Crippen molar-refractivity contribution < 1.29 is 0 Å². The first-order valence-electron chi connectivity index (χ1n) is 8.96. The molecule has 0 aliphatic carbocycles. The minimum Gasteiger partial charge on any atom is -0.305 e. The van der Waals surface area contributed by atoms with E-state index in [4.69, 9.17) is 0 Å². The van der Waals surface area contributed by atoms with Crippen molar-refractivity contribution in [3.63, 3.8) is 0 Å². The summed E-state index contributed by atoms with van der Waals surface area (Å²) in [5.41, 5.74) is 3.78. The molecule has 0 aliphatic heterocycles. The van der Waals surface area contributed by atoms with Gasteiger partial charge in [0, 0.05) is 11.8 Å². The maximum Gasteiger partial charge on any atom is 0.280 e. The molecule has 0 spiro atoms. The molecular weight excluding hydrogens is 338 g/mol. The number of aromatic amines is 1. The lowest BCUT2D eigenvalue weighted by atomic mass is 10.1. The van der Waals surface area contributed by atoms with Gasteiger partial charge < -0.3 is 4.57 Å². The Morgan fingerprint density at radius 2 is 1.67 bits per heavy atom. The monoisotopic (exact) mass is 359 g/mol. The van der Waals surface area contributed by atoms with Gasteiger partial charge in [-0.3, -0.25) is 14.7 Å². The normalized spacial score (nSPS) is 12.4. The first-order chi connectivity index (χ1) is 13.0. The molecule has 0 saturated heterocycles. The van der Waals surface area contributed by atoms with Gasteiger partial charge in [0.05, 0.1) is 22.6 Å². The second kappa shape index (κ2) is 6.43. The van der Waals surface area contributed by atoms with E-state index in [2.05, 4.69) is 5.10 Å².